The molecule has 1 saturated heterocycles. The number of nitrogens with zero attached hydrogens (tertiary/aromatic N) is 1. The Balaban J connectivity index is 1.64. The maximum absolute atomic E-state index is 11.0. The molecular weight excluding hydrogens is 162 g/mol. The van der Waals surface area contributed by atoms with Gasteiger partial charge in [0, 0.05) is 13.0 Å². The van der Waals surface area contributed by atoms with Gasteiger partial charge in [0.15, 0.2) is 0 Å². The highest BCUT2D eigenvalue weighted by Gasteiger charge is 2.21. The van der Waals surface area contributed by atoms with Gasteiger partial charge in [-0.3, -0.25) is 9.69 Å². The zero-order valence-electron chi connectivity index (χ0n) is 8.30. The van der Waals surface area contributed by atoms with Crippen molar-refractivity contribution in [1.29, 1.82) is 0 Å². The van der Waals surface area contributed by atoms with Crippen molar-refractivity contribution in [2.24, 2.45) is 5.92 Å². The largest absolute Gasteiger partial charge is 0.298 e. The first-order chi connectivity index (χ1) is 6.34. The van der Waals surface area contributed by atoms with Crippen molar-refractivity contribution in [3.8, 4) is 0 Å². The van der Waals surface area contributed by atoms with Crippen LogP contribution in [0.15, 0.2) is 0 Å². The SMILES string of the molecule is O=C1CCN(CCC2CCCC2)C1. The summed E-state index contributed by atoms with van der Waals surface area (Å²) in [4.78, 5) is 13.3. The van der Waals surface area contributed by atoms with Crippen molar-refractivity contribution in [3.05, 3.63) is 0 Å². The monoisotopic (exact) mass is 181 g/mol. The van der Waals surface area contributed by atoms with Crippen LogP contribution in [0.25, 0.3) is 0 Å². The lowest BCUT2D eigenvalue weighted by Gasteiger charge is -2.16. The van der Waals surface area contributed by atoms with Gasteiger partial charge < -0.3 is 0 Å². The van der Waals surface area contributed by atoms with Crippen LogP contribution in [0.4, 0.5) is 0 Å². The van der Waals surface area contributed by atoms with E-state index in [0.29, 0.717) is 5.78 Å². The van der Waals surface area contributed by atoms with Crippen LogP contribution in [-0.2, 0) is 4.79 Å². The second kappa shape index (κ2) is 4.23. The van der Waals surface area contributed by atoms with Gasteiger partial charge in [0.05, 0.1) is 6.54 Å². The molecule has 13 heavy (non-hydrogen) atoms. The van der Waals surface area contributed by atoms with Crippen LogP contribution in [0.3, 0.4) is 0 Å². The Labute approximate surface area is 80.3 Å². The average Bonchev–Trinajstić information content (AvgIpc) is 2.71. The summed E-state index contributed by atoms with van der Waals surface area (Å²) in [5.74, 6) is 1.40. The van der Waals surface area contributed by atoms with E-state index in [1.807, 2.05) is 0 Å². The molecule has 74 valence electrons. The first-order valence-corrected chi connectivity index (χ1v) is 5.58. The van der Waals surface area contributed by atoms with Crippen LogP contribution in [0.2, 0.25) is 0 Å². The molecule has 2 aliphatic rings. The minimum absolute atomic E-state index is 0.437. The van der Waals surface area contributed by atoms with Gasteiger partial charge in [-0.15, -0.1) is 0 Å². The number of hydrogen-bond acceptors (Lipinski definition) is 2. The minimum atomic E-state index is 0.437. The van der Waals surface area contributed by atoms with E-state index in [-0.39, 0.29) is 0 Å². The van der Waals surface area contributed by atoms with Gasteiger partial charge in [0.1, 0.15) is 5.78 Å². The van der Waals surface area contributed by atoms with E-state index < -0.39 is 0 Å². The van der Waals surface area contributed by atoms with E-state index in [1.165, 1.54) is 32.1 Å². The zero-order chi connectivity index (χ0) is 9.10. The first-order valence-electron chi connectivity index (χ1n) is 5.58. The summed E-state index contributed by atoms with van der Waals surface area (Å²) in [6.45, 7) is 2.91. The predicted molar refractivity (Wildman–Crippen MR) is 52.6 cm³/mol. The maximum Gasteiger partial charge on any atom is 0.148 e. The second-order valence-corrected chi connectivity index (χ2v) is 4.50. The van der Waals surface area contributed by atoms with Gasteiger partial charge in [-0.05, 0) is 18.9 Å². The Kier molecular flexibility index (Phi) is 2.99. The molecule has 0 atom stereocenters. The van der Waals surface area contributed by atoms with Crippen molar-refractivity contribution >= 4 is 5.78 Å². The molecule has 1 aliphatic heterocycles. The molecule has 2 nitrogen and oxygen atoms in total. The topological polar surface area (TPSA) is 20.3 Å². The van der Waals surface area contributed by atoms with Crippen molar-refractivity contribution in [2.75, 3.05) is 19.6 Å². The molecule has 0 unspecified atom stereocenters. The predicted octanol–water partition coefficient (Wildman–Crippen LogP) is 1.84. The van der Waals surface area contributed by atoms with Crippen LogP contribution in [-0.4, -0.2) is 30.3 Å². The van der Waals surface area contributed by atoms with E-state index in [2.05, 4.69) is 4.90 Å². The molecule has 1 heterocycles. The number of rotatable bonds is 3. The Morgan fingerprint density at radius 1 is 1.31 bits per heavy atom. The number of Topliss-reactive ketones (excluding diaryl/α,β-unsaturated/α-hetero) is 1. The smallest absolute Gasteiger partial charge is 0.148 e. The summed E-state index contributed by atoms with van der Waals surface area (Å²) in [7, 11) is 0. The molecule has 0 aromatic heterocycles. The Morgan fingerprint density at radius 2 is 2.08 bits per heavy atom. The van der Waals surface area contributed by atoms with E-state index in [9.17, 15) is 4.79 Å². The molecule has 0 amide bonds. The lowest BCUT2D eigenvalue weighted by molar-refractivity contribution is -0.116. The number of ketones is 1. The van der Waals surface area contributed by atoms with Gasteiger partial charge in [0.25, 0.3) is 0 Å². The molecule has 0 aromatic carbocycles. The number of likely N-dealkylation sites (tertiary alicyclic amines) is 1. The van der Waals surface area contributed by atoms with Crippen molar-refractivity contribution in [1.82, 2.24) is 4.90 Å². The van der Waals surface area contributed by atoms with Gasteiger partial charge in [-0.25, -0.2) is 0 Å². The molecule has 0 aromatic rings. The molecule has 2 fully saturated rings. The molecule has 2 rings (SSSR count). The van der Waals surface area contributed by atoms with Crippen LogP contribution in [0, 0.1) is 5.92 Å². The number of carbonyl (C=O) groups is 1. The molecule has 1 aliphatic carbocycles. The summed E-state index contributed by atoms with van der Waals surface area (Å²) in [6, 6.07) is 0. The lowest BCUT2D eigenvalue weighted by Crippen LogP contribution is -2.23. The van der Waals surface area contributed by atoms with E-state index in [4.69, 9.17) is 0 Å². The van der Waals surface area contributed by atoms with Crippen LogP contribution in [0.5, 0.6) is 0 Å². The standard InChI is InChI=1S/C11H19NO/c13-11-6-8-12(9-11)7-5-10-3-1-2-4-10/h10H,1-9H2. The molecule has 2 heteroatoms. The summed E-state index contributed by atoms with van der Waals surface area (Å²) in [5, 5.41) is 0. The highest BCUT2D eigenvalue weighted by atomic mass is 16.1. The fourth-order valence-electron chi connectivity index (χ4n) is 2.55. The summed E-state index contributed by atoms with van der Waals surface area (Å²) < 4.78 is 0. The van der Waals surface area contributed by atoms with Crippen LogP contribution in [0.1, 0.15) is 38.5 Å². The minimum Gasteiger partial charge on any atom is -0.298 e. The fourth-order valence-corrected chi connectivity index (χ4v) is 2.55. The van der Waals surface area contributed by atoms with Crippen molar-refractivity contribution in [2.45, 2.75) is 38.5 Å². The zero-order valence-corrected chi connectivity index (χ0v) is 8.30. The Morgan fingerprint density at radius 3 is 2.69 bits per heavy atom. The molecular formula is C11H19NO. The highest BCUT2D eigenvalue weighted by Crippen LogP contribution is 2.27. The third-order valence-corrected chi connectivity index (χ3v) is 3.44. The Hall–Kier alpha value is -0.370. The maximum atomic E-state index is 11.0. The van der Waals surface area contributed by atoms with Crippen LogP contribution < -0.4 is 0 Å². The fraction of sp³-hybridized carbons (Fsp3) is 0.909. The van der Waals surface area contributed by atoms with Gasteiger partial charge in [-0.1, -0.05) is 25.7 Å². The lowest BCUT2D eigenvalue weighted by atomic mass is 10.0. The Bertz CT molecular complexity index is 185. The van der Waals surface area contributed by atoms with Gasteiger partial charge >= 0.3 is 0 Å². The second-order valence-electron chi connectivity index (χ2n) is 4.50. The average molecular weight is 181 g/mol. The van der Waals surface area contributed by atoms with E-state index in [1.54, 1.807) is 0 Å². The molecule has 1 saturated carbocycles. The van der Waals surface area contributed by atoms with Crippen molar-refractivity contribution in [3.63, 3.8) is 0 Å². The summed E-state index contributed by atoms with van der Waals surface area (Å²) >= 11 is 0. The van der Waals surface area contributed by atoms with E-state index in [0.717, 1.165) is 32.0 Å². The number of hydrogen-bond donors (Lipinski definition) is 0. The van der Waals surface area contributed by atoms with Gasteiger partial charge in [-0.2, -0.15) is 0 Å². The first kappa shape index (κ1) is 9.20. The molecule has 0 spiro atoms. The molecule has 0 bridgehead atoms. The summed E-state index contributed by atoms with van der Waals surface area (Å²) in [5.41, 5.74) is 0. The molecule has 0 radical (unpaired) electrons. The van der Waals surface area contributed by atoms with E-state index >= 15 is 0 Å². The summed E-state index contributed by atoms with van der Waals surface area (Å²) in [6.07, 6.45) is 7.86. The van der Waals surface area contributed by atoms with Crippen LogP contribution >= 0.6 is 0 Å². The third kappa shape index (κ3) is 2.53. The number of carbonyl (C=O) groups excluding carboxylic acids is 1. The molecule has 0 N–H and O–H groups in total. The highest BCUT2D eigenvalue weighted by molar-refractivity contribution is 5.82. The van der Waals surface area contributed by atoms with Crippen molar-refractivity contribution < 1.29 is 4.79 Å². The normalized spacial score (nSPS) is 26.0. The van der Waals surface area contributed by atoms with Gasteiger partial charge in [0.2, 0.25) is 0 Å². The quantitative estimate of drug-likeness (QED) is 0.662. The third-order valence-electron chi connectivity index (χ3n) is 3.44.